The Labute approximate surface area is 140 Å². The standard InChI is InChI=1S/C19H30N2O2/c1-16(2)21-11-7-19(8-12-21)18(6-14-23-19)5-13-22-15-17-3-9-20-10-4-17/h3-4,9-10,16,18H,5-8,11-15H2,1-2H3/t18-/m0/s1. The predicted octanol–water partition coefficient (Wildman–Crippen LogP) is 3.27. The smallest absolute Gasteiger partial charge is 0.0736 e. The van der Waals surface area contributed by atoms with Gasteiger partial charge < -0.3 is 14.4 Å². The molecule has 23 heavy (non-hydrogen) atoms. The van der Waals surface area contributed by atoms with Crippen molar-refractivity contribution in [3.05, 3.63) is 30.1 Å². The van der Waals surface area contributed by atoms with Gasteiger partial charge in [-0.05, 0) is 63.1 Å². The number of rotatable bonds is 6. The summed E-state index contributed by atoms with van der Waals surface area (Å²) >= 11 is 0. The average molecular weight is 318 g/mol. The van der Waals surface area contributed by atoms with Gasteiger partial charge >= 0.3 is 0 Å². The second-order valence-corrected chi connectivity index (χ2v) is 7.23. The molecule has 1 spiro atoms. The van der Waals surface area contributed by atoms with E-state index in [9.17, 15) is 0 Å². The van der Waals surface area contributed by atoms with Crippen LogP contribution in [0.5, 0.6) is 0 Å². The molecule has 2 fully saturated rings. The van der Waals surface area contributed by atoms with Crippen LogP contribution in [-0.4, -0.2) is 47.8 Å². The Balaban J connectivity index is 1.44. The summed E-state index contributed by atoms with van der Waals surface area (Å²) in [6.07, 6.45) is 8.31. The molecule has 3 heterocycles. The summed E-state index contributed by atoms with van der Waals surface area (Å²) in [5, 5.41) is 0. The van der Waals surface area contributed by atoms with Crippen molar-refractivity contribution in [1.82, 2.24) is 9.88 Å². The number of likely N-dealkylation sites (tertiary alicyclic amines) is 1. The van der Waals surface area contributed by atoms with Crippen molar-refractivity contribution < 1.29 is 9.47 Å². The summed E-state index contributed by atoms with van der Waals surface area (Å²) in [6.45, 7) is 9.36. The first-order valence-corrected chi connectivity index (χ1v) is 9.04. The van der Waals surface area contributed by atoms with Crippen LogP contribution in [0.3, 0.4) is 0 Å². The van der Waals surface area contributed by atoms with Gasteiger partial charge in [-0.2, -0.15) is 0 Å². The van der Waals surface area contributed by atoms with E-state index in [0.717, 1.165) is 19.6 Å². The van der Waals surface area contributed by atoms with Crippen LogP contribution in [0, 0.1) is 5.92 Å². The number of hydrogen-bond donors (Lipinski definition) is 0. The zero-order valence-corrected chi connectivity index (χ0v) is 14.5. The first-order valence-electron chi connectivity index (χ1n) is 9.04. The number of ether oxygens (including phenoxy) is 2. The Morgan fingerprint density at radius 1 is 1.30 bits per heavy atom. The molecule has 4 nitrogen and oxygen atoms in total. The molecule has 1 aromatic rings. The number of nitrogens with zero attached hydrogens (tertiary/aromatic N) is 2. The third-order valence-corrected chi connectivity index (χ3v) is 5.60. The number of aromatic nitrogens is 1. The van der Waals surface area contributed by atoms with Gasteiger partial charge in [0.05, 0.1) is 12.2 Å². The molecule has 4 heteroatoms. The molecule has 1 aromatic heterocycles. The van der Waals surface area contributed by atoms with Crippen molar-refractivity contribution in [2.75, 3.05) is 26.3 Å². The summed E-state index contributed by atoms with van der Waals surface area (Å²) in [5.74, 6) is 0.661. The molecule has 0 N–H and O–H groups in total. The van der Waals surface area contributed by atoms with Crippen LogP contribution < -0.4 is 0 Å². The lowest BCUT2D eigenvalue weighted by molar-refractivity contribution is -0.0761. The van der Waals surface area contributed by atoms with E-state index in [1.807, 2.05) is 24.5 Å². The molecule has 0 aliphatic carbocycles. The zero-order valence-electron chi connectivity index (χ0n) is 14.5. The van der Waals surface area contributed by atoms with Crippen molar-refractivity contribution in [1.29, 1.82) is 0 Å². The van der Waals surface area contributed by atoms with E-state index in [4.69, 9.17) is 9.47 Å². The van der Waals surface area contributed by atoms with Gasteiger partial charge in [0.1, 0.15) is 0 Å². The molecule has 0 amide bonds. The number of hydrogen-bond acceptors (Lipinski definition) is 4. The van der Waals surface area contributed by atoms with Crippen molar-refractivity contribution in [3.63, 3.8) is 0 Å². The molecule has 2 aliphatic rings. The molecule has 0 unspecified atom stereocenters. The van der Waals surface area contributed by atoms with Gasteiger partial charge in [0.2, 0.25) is 0 Å². The SMILES string of the molecule is CC(C)N1CCC2(CC1)OCC[C@@H]2CCOCc1ccncc1. The Bertz CT molecular complexity index is 470. The van der Waals surface area contributed by atoms with Gasteiger partial charge in [-0.15, -0.1) is 0 Å². The fraction of sp³-hybridized carbons (Fsp3) is 0.737. The topological polar surface area (TPSA) is 34.6 Å². The molecule has 128 valence electrons. The number of piperidine rings is 1. The van der Waals surface area contributed by atoms with E-state index >= 15 is 0 Å². The molecule has 0 saturated carbocycles. The molecular formula is C19H30N2O2. The predicted molar refractivity (Wildman–Crippen MR) is 91.2 cm³/mol. The lowest BCUT2D eigenvalue weighted by Crippen LogP contribution is -2.49. The van der Waals surface area contributed by atoms with Gasteiger partial charge in [0.25, 0.3) is 0 Å². The number of pyridine rings is 1. The first-order chi connectivity index (χ1) is 11.2. The lowest BCUT2D eigenvalue weighted by atomic mass is 9.78. The maximum atomic E-state index is 6.25. The fourth-order valence-electron chi connectivity index (χ4n) is 4.06. The van der Waals surface area contributed by atoms with Gasteiger partial charge in [0.15, 0.2) is 0 Å². The maximum Gasteiger partial charge on any atom is 0.0736 e. The molecular weight excluding hydrogens is 288 g/mol. The fourth-order valence-corrected chi connectivity index (χ4v) is 4.06. The Morgan fingerprint density at radius 2 is 2.04 bits per heavy atom. The van der Waals surface area contributed by atoms with E-state index < -0.39 is 0 Å². The lowest BCUT2D eigenvalue weighted by Gasteiger charge is -2.43. The highest BCUT2D eigenvalue weighted by atomic mass is 16.5. The Kier molecular flexibility index (Phi) is 5.67. The van der Waals surface area contributed by atoms with Gasteiger partial charge in [-0.1, -0.05) is 0 Å². The van der Waals surface area contributed by atoms with E-state index in [-0.39, 0.29) is 5.60 Å². The van der Waals surface area contributed by atoms with Gasteiger partial charge in [0, 0.05) is 44.7 Å². The second kappa shape index (κ2) is 7.73. The molecule has 0 aromatic carbocycles. The summed E-state index contributed by atoms with van der Waals surface area (Å²) < 4.78 is 12.1. The summed E-state index contributed by atoms with van der Waals surface area (Å²) in [6, 6.07) is 4.68. The largest absolute Gasteiger partial charge is 0.377 e. The molecule has 1 atom stereocenters. The minimum atomic E-state index is 0.130. The highest BCUT2D eigenvalue weighted by molar-refractivity contribution is 5.07. The maximum absolute atomic E-state index is 6.25. The minimum Gasteiger partial charge on any atom is -0.377 e. The van der Waals surface area contributed by atoms with Crippen LogP contribution in [-0.2, 0) is 16.1 Å². The third kappa shape index (κ3) is 4.11. The van der Waals surface area contributed by atoms with Crippen LogP contribution in [0.25, 0.3) is 0 Å². The Morgan fingerprint density at radius 3 is 2.74 bits per heavy atom. The van der Waals surface area contributed by atoms with Crippen LogP contribution >= 0.6 is 0 Å². The van der Waals surface area contributed by atoms with Crippen molar-refractivity contribution in [2.24, 2.45) is 5.92 Å². The molecule has 3 rings (SSSR count). The summed E-state index contributed by atoms with van der Waals surface area (Å²) in [4.78, 5) is 6.61. The highest BCUT2D eigenvalue weighted by Crippen LogP contribution is 2.42. The summed E-state index contributed by atoms with van der Waals surface area (Å²) in [7, 11) is 0. The molecule has 2 saturated heterocycles. The first kappa shape index (κ1) is 16.9. The molecule has 0 bridgehead atoms. The van der Waals surface area contributed by atoms with E-state index in [1.54, 1.807) is 0 Å². The van der Waals surface area contributed by atoms with Crippen LogP contribution in [0.15, 0.2) is 24.5 Å². The van der Waals surface area contributed by atoms with Crippen molar-refractivity contribution >= 4 is 0 Å². The monoisotopic (exact) mass is 318 g/mol. The Hall–Kier alpha value is -0.970. The third-order valence-electron chi connectivity index (χ3n) is 5.60. The van der Waals surface area contributed by atoms with Crippen molar-refractivity contribution in [2.45, 2.75) is 57.8 Å². The average Bonchev–Trinajstić information content (AvgIpc) is 2.95. The minimum absolute atomic E-state index is 0.130. The quantitative estimate of drug-likeness (QED) is 0.754. The zero-order chi connectivity index (χ0) is 16.1. The van der Waals surface area contributed by atoms with E-state index in [1.165, 1.54) is 37.9 Å². The van der Waals surface area contributed by atoms with Crippen LogP contribution in [0.2, 0.25) is 0 Å². The normalized spacial score (nSPS) is 24.6. The van der Waals surface area contributed by atoms with Crippen molar-refractivity contribution in [3.8, 4) is 0 Å². The molecule has 2 aliphatic heterocycles. The highest BCUT2D eigenvalue weighted by Gasteiger charge is 2.45. The van der Waals surface area contributed by atoms with Gasteiger partial charge in [-0.3, -0.25) is 4.98 Å². The van der Waals surface area contributed by atoms with Gasteiger partial charge in [-0.25, -0.2) is 0 Å². The molecule has 0 radical (unpaired) electrons. The van der Waals surface area contributed by atoms with E-state index in [2.05, 4.69) is 23.7 Å². The second-order valence-electron chi connectivity index (χ2n) is 7.23. The summed E-state index contributed by atoms with van der Waals surface area (Å²) in [5.41, 5.74) is 1.33. The van der Waals surface area contributed by atoms with Crippen LogP contribution in [0.1, 0.15) is 45.1 Å². The van der Waals surface area contributed by atoms with Crippen LogP contribution in [0.4, 0.5) is 0 Å². The van der Waals surface area contributed by atoms with E-state index in [0.29, 0.717) is 18.6 Å².